The summed E-state index contributed by atoms with van der Waals surface area (Å²) in [5, 5.41) is 5.59. The van der Waals surface area contributed by atoms with Crippen LogP contribution in [0.25, 0.3) is 0 Å². The Balaban J connectivity index is 2.78. The molecule has 1 aromatic rings. The van der Waals surface area contributed by atoms with E-state index >= 15 is 0 Å². The van der Waals surface area contributed by atoms with Gasteiger partial charge in [-0.25, -0.2) is 0 Å². The Kier molecular flexibility index (Phi) is 4.71. The van der Waals surface area contributed by atoms with Gasteiger partial charge in [-0.05, 0) is 18.2 Å². The van der Waals surface area contributed by atoms with Crippen LogP contribution in [0.15, 0.2) is 23.3 Å². The summed E-state index contributed by atoms with van der Waals surface area (Å²) in [6.45, 7) is 3.91. The molecule has 0 fully saturated rings. The van der Waals surface area contributed by atoms with Gasteiger partial charge in [-0.3, -0.25) is 5.43 Å². The van der Waals surface area contributed by atoms with Crippen molar-refractivity contribution in [1.29, 1.82) is 0 Å². The van der Waals surface area contributed by atoms with Crippen LogP contribution < -0.4 is 5.43 Å². The van der Waals surface area contributed by atoms with Crippen molar-refractivity contribution in [3.05, 3.63) is 28.2 Å². The van der Waals surface area contributed by atoms with Gasteiger partial charge in [0, 0.05) is 10.9 Å². The minimum absolute atomic E-state index is 0.185. The normalized spacial score (nSPS) is 12.0. The molecule has 0 radical (unpaired) electrons. The van der Waals surface area contributed by atoms with Gasteiger partial charge in [0.15, 0.2) is 0 Å². The first-order valence-corrected chi connectivity index (χ1v) is 5.58. The van der Waals surface area contributed by atoms with Gasteiger partial charge in [0.25, 0.3) is 0 Å². The molecular formula is C10H11Cl3N2. The molecule has 0 heterocycles. The van der Waals surface area contributed by atoms with Crippen molar-refractivity contribution in [2.45, 2.75) is 13.8 Å². The molecule has 0 unspecified atom stereocenters. The van der Waals surface area contributed by atoms with Crippen LogP contribution in [0.2, 0.25) is 10.0 Å². The van der Waals surface area contributed by atoms with Gasteiger partial charge in [-0.15, -0.1) is 0 Å². The van der Waals surface area contributed by atoms with E-state index in [2.05, 4.69) is 10.5 Å². The summed E-state index contributed by atoms with van der Waals surface area (Å²) in [5.74, 6) is 0.185. The van der Waals surface area contributed by atoms with Crippen LogP contribution in [0.3, 0.4) is 0 Å². The Morgan fingerprint density at radius 3 is 2.53 bits per heavy atom. The summed E-state index contributed by atoms with van der Waals surface area (Å²) in [7, 11) is 0. The predicted octanol–water partition coefficient (Wildman–Crippen LogP) is 4.61. The third kappa shape index (κ3) is 3.90. The van der Waals surface area contributed by atoms with Crippen molar-refractivity contribution in [2.75, 3.05) is 5.43 Å². The number of anilines is 1. The molecule has 1 N–H and O–H groups in total. The lowest BCUT2D eigenvalue weighted by Crippen LogP contribution is -2.02. The number of hydrogen-bond donors (Lipinski definition) is 1. The molecule has 0 atom stereocenters. The first-order chi connectivity index (χ1) is 7.00. The Morgan fingerprint density at radius 1 is 1.33 bits per heavy atom. The maximum absolute atomic E-state index is 5.93. The van der Waals surface area contributed by atoms with E-state index in [0.29, 0.717) is 20.9 Å². The summed E-state index contributed by atoms with van der Waals surface area (Å²) < 4.78 is 0. The van der Waals surface area contributed by atoms with Crippen molar-refractivity contribution >= 4 is 45.7 Å². The smallest absolute Gasteiger partial charge is 0.129 e. The summed E-state index contributed by atoms with van der Waals surface area (Å²) in [6, 6.07) is 5.12. The van der Waals surface area contributed by atoms with E-state index in [-0.39, 0.29) is 5.92 Å². The standard InChI is InChI=1S/C10H11Cl3N2/c1-6(2)10(13)15-14-9-4-3-7(11)5-8(9)12/h3-6,14H,1-2H3. The molecule has 0 bridgehead atoms. The van der Waals surface area contributed by atoms with Crippen LogP contribution >= 0.6 is 34.8 Å². The molecule has 82 valence electrons. The molecule has 1 aromatic carbocycles. The second-order valence-corrected chi connectivity index (χ2v) is 4.56. The Bertz CT molecular complexity index is 375. The van der Waals surface area contributed by atoms with E-state index in [4.69, 9.17) is 34.8 Å². The number of rotatable bonds is 3. The highest BCUT2D eigenvalue weighted by Gasteiger charge is 2.02. The number of benzene rings is 1. The van der Waals surface area contributed by atoms with Gasteiger partial charge in [0.2, 0.25) is 0 Å². The zero-order valence-electron chi connectivity index (χ0n) is 8.39. The van der Waals surface area contributed by atoms with Crippen molar-refractivity contribution in [1.82, 2.24) is 0 Å². The lowest BCUT2D eigenvalue weighted by Gasteiger charge is -2.05. The molecule has 5 heteroatoms. The van der Waals surface area contributed by atoms with Crippen LogP contribution in [0.4, 0.5) is 5.69 Å². The average molecular weight is 266 g/mol. The van der Waals surface area contributed by atoms with Crippen molar-refractivity contribution in [2.24, 2.45) is 11.0 Å². The van der Waals surface area contributed by atoms with Crippen LogP contribution in [0.1, 0.15) is 13.8 Å². The van der Waals surface area contributed by atoms with E-state index in [1.165, 1.54) is 0 Å². The number of nitrogens with zero attached hydrogens (tertiary/aromatic N) is 1. The minimum atomic E-state index is 0.185. The maximum Gasteiger partial charge on any atom is 0.129 e. The van der Waals surface area contributed by atoms with Crippen molar-refractivity contribution in [3.63, 3.8) is 0 Å². The zero-order valence-corrected chi connectivity index (χ0v) is 10.7. The van der Waals surface area contributed by atoms with Gasteiger partial charge >= 0.3 is 0 Å². The van der Waals surface area contributed by atoms with Crippen molar-refractivity contribution in [3.8, 4) is 0 Å². The average Bonchev–Trinajstić information content (AvgIpc) is 2.15. The fourth-order valence-electron chi connectivity index (χ4n) is 0.823. The molecule has 0 amide bonds. The Labute approximate surface area is 104 Å². The van der Waals surface area contributed by atoms with E-state index in [1.807, 2.05) is 13.8 Å². The topological polar surface area (TPSA) is 24.4 Å². The zero-order chi connectivity index (χ0) is 11.4. The maximum atomic E-state index is 5.93. The molecule has 0 aliphatic heterocycles. The second kappa shape index (κ2) is 5.59. The van der Waals surface area contributed by atoms with Crippen molar-refractivity contribution < 1.29 is 0 Å². The Morgan fingerprint density at radius 2 is 2.00 bits per heavy atom. The van der Waals surface area contributed by atoms with Gasteiger partial charge < -0.3 is 0 Å². The lowest BCUT2D eigenvalue weighted by molar-refractivity contribution is 0.895. The lowest BCUT2D eigenvalue weighted by atomic mass is 10.2. The molecule has 0 aliphatic carbocycles. The second-order valence-electron chi connectivity index (χ2n) is 3.33. The third-order valence-electron chi connectivity index (χ3n) is 1.69. The highest BCUT2D eigenvalue weighted by molar-refractivity contribution is 6.65. The highest BCUT2D eigenvalue weighted by Crippen LogP contribution is 2.25. The SMILES string of the molecule is CC(C)C(Cl)=NNc1ccc(Cl)cc1Cl. The van der Waals surface area contributed by atoms with Gasteiger partial charge in [0.1, 0.15) is 5.17 Å². The van der Waals surface area contributed by atoms with E-state index < -0.39 is 0 Å². The largest absolute Gasteiger partial charge is 0.276 e. The minimum Gasteiger partial charge on any atom is -0.276 e. The van der Waals surface area contributed by atoms with Gasteiger partial charge in [-0.1, -0.05) is 48.7 Å². The number of nitrogens with one attached hydrogen (secondary N) is 1. The first kappa shape index (κ1) is 12.6. The quantitative estimate of drug-likeness (QED) is 0.626. The summed E-state index contributed by atoms with van der Waals surface area (Å²) in [6.07, 6.45) is 0. The number of halogens is 3. The highest BCUT2D eigenvalue weighted by atomic mass is 35.5. The van der Waals surface area contributed by atoms with Gasteiger partial charge in [-0.2, -0.15) is 5.10 Å². The molecule has 0 saturated heterocycles. The Hall–Kier alpha value is -0.440. The van der Waals surface area contributed by atoms with Crippen LogP contribution in [0.5, 0.6) is 0 Å². The molecule has 1 rings (SSSR count). The predicted molar refractivity (Wildman–Crippen MR) is 68.2 cm³/mol. The number of hydrazone groups is 1. The van der Waals surface area contributed by atoms with Crippen LogP contribution in [0, 0.1) is 5.92 Å². The molecular weight excluding hydrogens is 254 g/mol. The molecule has 0 aliphatic rings. The first-order valence-electron chi connectivity index (χ1n) is 4.45. The monoisotopic (exact) mass is 264 g/mol. The molecule has 2 nitrogen and oxygen atoms in total. The van der Waals surface area contributed by atoms with E-state index in [1.54, 1.807) is 18.2 Å². The van der Waals surface area contributed by atoms with Crippen LogP contribution in [-0.4, -0.2) is 5.17 Å². The molecule has 15 heavy (non-hydrogen) atoms. The fraction of sp³-hybridized carbons (Fsp3) is 0.300. The number of hydrogen-bond acceptors (Lipinski definition) is 2. The van der Waals surface area contributed by atoms with E-state index in [9.17, 15) is 0 Å². The molecule has 0 saturated carbocycles. The van der Waals surface area contributed by atoms with E-state index in [0.717, 1.165) is 0 Å². The van der Waals surface area contributed by atoms with Crippen LogP contribution in [-0.2, 0) is 0 Å². The third-order valence-corrected chi connectivity index (χ3v) is 2.76. The summed E-state index contributed by atoms with van der Waals surface area (Å²) in [5.41, 5.74) is 3.47. The summed E-state index contributed by atoms with van der Waals surface area (Å²) in [4.78, 5) is 0. The molecule has 0 aromatic heterocycles. The molecule has 0 spiro atoms. The van der Waals surface area contributed by atoms with Gasteiger partial charge in [0.05, 0.1) is 10.7 Å². The summed E-state index contributed by atoms with van der Waals surface area (Å²) >= 11 is 17.6. The fourth-order valence-corrected chi connectivity index (χ4v) is 1.32.